The third-order valence-corrected chi connectivity index (χ3v) is 4.85. The van der Waals surface area contributed by atoms with E-state index in [0.717, 1.165) is 18.7 Å². The van der Waals surface area contributed by atoms with Crippen molar-refractivity contribution in [1.82, 2.24) is 9.80 Å². The van der Waals surface area contributed by atoms with Crippen LogP contribution >= 0.6 is 0 Å². The van der Waals surface area contributed by atoms with Crippen molar-refractivity contribution in [3.8, 4) is 5.75 Å². The Labute approximate surface area is 152 Å². The van der Waals surface area contributed by atoms with E-state index in [9.17, 15) is 14.7 Å². The largest absolute Gasteiger partial charge is 0.503 e. The van der Waals surface area contributed by atoms with Gasteiger partial charge in [0.25, 0.3) is 5.91 Å². The third-order valence-electron chi connectivity index (χ3n) is 4.85. The first kappa shape index (κ1) is 18.4. The van der Waals surface area contributed by atoms with Crippen molar-refractivity contribution in [3.05, 3.63) is 41.2 Å². The zero-order valence-corrected chi connectivity index (χ0v) is 15.1. The second-order valence-electron chi connectivity index (χ2n) is 6.45. The van der Waals surface area contributed by atoms with Gasteiger partial charge in [-0.15, -0.1) is 0 Å². The van der Waals surface area contributed by atoms with Crippen LogP contribution < -0.4 is 4.74 Å². The number of morpholine rings is 1. The summed E-state index contributed by atoms with van der Waals surface area (Å²) < 4.78 is 10.6. The van der Waals surface area contributed by atoms with Gasteiger partial charge in [-0.1, -0.05) is 12.1 Å². The van der Waals surface area contributed by atoms with E-state index in [2.05, 4.69) is 4.90 Å². The maximum atomic E-state index is 12.6. The number of rotatable bonds is 6. The smallest absolute Gasteiger partial charge is 0.290 e. The van der Waals surface area contributed by atoms with E-state index in [1.165, 1.54) is 6.92 Å². The van der Waals surface area contributed by atoms with Crippen molar-refractivity contribution in [3.63, 3.8) is 0 Å². The molecule has 140 valence electrons. The molecule has 2 aliphatic rings. The number of aliphatic hydroxyl groups excluding tert-OH is 1. The highest BCUT2D eigenvalue weighted by atomic mass is 16.5. The molecule has 0 aliphatic carbocycles. The molecule has 26 heavy (non-hydrogen) atoms. The van der Waals surface area contributed by atoms with Crippen LogP contribution in [0.2, 0.25) is 0 Å². The SMILES string of the molecule is COc1cccc([C@H]2C(C(C)=O)=C(O)C(=O)N2CCN2CCOCC2)c1. The second-order valence-corrected chi connectivity index (χ2v) is 6.45. The fraction of sp³-hybridized carbons (Fsp3) is 0.474. The van der Waals surface area contributed by atoms with Crippen molar-refractivity contribution in [1.29, 1.82) is 0 Å². The van der Waals surface area contributed by atoms with Gasteiger partial charge < -0.3 is 19.5 Å². The van der Waals surface area contributed by atoms with Crippen molar-refractivity contribution in [2.75, 3.05) is 46.5 Å². The zero-order chi connectivity index (χ0) is 18.7. The standard InChI is InChI=1S/C19H24N2O5/c1-13(22)16-17(14-4-3-5-15(12-14)25-2)21(19(24)18(16)23)7-6-20-8-10-26-11-9-20/h3-5,12,17,23H,6-11H2,1-2H3/t17-/m0/s1. The summed E-state index contributed by atoms with van der Waals surface area (Å²) in [4.78, 5) is 28.5. The van der Waals surface area contributed by atoms with Crippen LogP contribution in [0.15, 0.2) is 35.6 Å². The van der Waals surface area contributed by atoms with Gasteiger partial charge >= 0.3 is 0 Å². The van der Waals surface area contributed by atoms with E-state index in [4.69, 9.17) is 9.47 Å². The predicted molar refractivity (Wildman–Crippen MR) is 95.0 cm³/mol. The Bertz CT molecular complexity index is 724. The van der Waals surface area contributed by atoms with Gasteiger partial charge in [0.1, 0.15) is 5.75 Å². The van der Waals surface area contributed by atoms with Crippen LogP contribution in [0.5, 0.6) is 5.75 Å². The molecule has 7 heteroatoms. The van der Waals surface area contributed by atoms with Gasteiger partial charge in [-0.05, 0) is 24.6 Å². The molecule has 7 nitrogen and oxygen atoms in total. The quantitative estimate of drug-likeness (QED) is 0.824. The van der Waals surface area contributed by atoms with Gasteiger partial charge in [0, 0.05) is 26.2 Å². The number of amides is 1. The van der Waals surface area contributed by atoms with Gasteiger partial charge in [0.05, 0.1) is 31.9 Å². The lowest BCUT2D eigenvalue weighted by atomic mass is 9.96. The lowest BCUT2D eigenvalue weighted by Crippen LogP contribution is -2.43. The molecule has 2 heterocycles. The summed E-state index contributed by atoms with van der Waals surface area (Å²) >= 11 is 0. The van der Waals surface area contributed by atoms with Gasteiger partial charge in [0.15, 0.2) is 11.5 Å². The molecule has 0 saturated carbocycles. The number of carbonyl (C=O) groups excluding carboxylic acids is 2. The Morgan fingerprint density at radius 1 is 1.31 bits per heavy atom. The first-order valence-electron chi connectivity index (χ1n) is 8.72. The van der Waals surface area contributed by atoms with Crippen LogP contribution in [0.25, 0.3) is 0 Å². The molecule has 3 rings (SSSR count). The number of carbonyl (C=O) groups is 2. The van der Waals surface area contributed by atoms with E-state index in [-0.39, 0.29) is 11.4 Å². The molecule has 1 saturated heterocycles. The summed E-state index contributed by atoms with van der Waals surface area (Å²) in [6, 6.07) is 6.64. The number of benzene rings is 1. The van der Waals surface area contributed by atoms with E-state index < -0.39 is 17.7 Å². The molecule has 0 spiro atoms. The summed E-state index contributed by atoms with van der Waals surface area (Å²) in [6.07, 6.45) is 0. The van der Waals surface area contributed by atoms with Crippen molar-refractivity contribution in [2.45, 2.75) is 13.0 Å². The van der Waals surface area contributed by atoms with E-state index >= 15 is 0 Å². The molecule has 1 N–H and O–H groups in total. The topological polar surface area (TPSA) is 79.3 Å². The summed E-state index contributed by atoms with van der Waals surface area (Å²) in [5.41, 5.74) is 0.888. The molecule has 1 fully saturated rings. The first-order valence-corrected chi connectivity index (χ1v) is 8.72. The number of ether oxygens (including phenoxy) is 2. The molecule has 0 bridgehead atoms. The van der Waals surface area contributed by atoms with Crippen molar-refractivity contribution in [2.24, 2.45) is 0 Å². The minimum Gasteiger partial charge on any atom is -0.503 e. The molecule has 1 aromatic carbocycles. The normalized spacial score (nSPS) is 21.4. The van der Waals surface area contributed by atoms with E-state index in [0.29, 0.717) is 32.1 Å². The minimum atomic E-state index is -0.601. The highest BCUT2D eigenvalue weighted by Crippen LogP contribution is 2.38. The Balaban J connectivity index is 1.88. The summed E-state index contributed by atoms with van der Waals surface area (Å²) in [6.45, 7) is 5.42. The molecular weight excluding hydrogens is 336 g/mol. The predicted octanol–water partition coefficient (Wildman–Crippen LogP) is 1.31. The number of Topliss-reactive ketones (excluding diaryl/α,β-unsaturated/α-hetero) is 1. The lowest BCUT2D eigenvalue weighted by Gasteiger charge is -2.31. The number of ketones is 1. The highest BCUT2D eigenvalue weighted by Gasteiger charge is 2.42. The molecule has 1 aromatic rings. The summed E-state index contributed by atoms with van der Waals surface area (Å²) in [5, 5.41) is 10.3. The Morgan fingerprint density at radius 3 is 2.69 bits per heavy atom. The van der Waals surface area contributed by atoms with Crippen LogP contribution in [0.4, 0.5) is 0 Å². The number of hydrogen-bond donors (Lipinski definition) is 1. The van der Waals surface area contributed by atoms with E-state index in [1.807, 2.05) is 12.1 Å². The highest BCUT2D eigenvalue weighted by molar-refractivity contribution is 6.08. The molecule has 0 unspecified atom stereocenters. The van der Waals surface area contributed by atoms with Crippen LogP contribution in [-0.4, -0.2) is 73.1 Å². The monoisotopic (exact) mass is 360 g/mol. The summed E-state index contributed by atoms with van der Waals surface area (Å²) in [5.74, 6) is -0.626. The second kappa shape index (κ2) is 7.88. The Hall–Kier alpha value is -2.38. The molecule has 2 aliphatic heterocycles. The molecule has 0 aromatic heterocycles. The minimum absolute atomic E-state index is 0.144. The van der Waals surface area contributed by atoms with Gasteiger partial charge in [-0.3, -0.25) is 14.5 Å². The summed E-state index contributed by atoms with van der Waals surface area (Å²) in [7, 11) is 1.56. The fourth-order valence-electron chi connectivity index (χ4n) is 3.48. The third kappa shape index (κ3) is 3.59. The van der Waals surface area contributed by atoms with Gasteiger partial charge in [0.2, 0.25) is 0 Å². The zero-order valence-electron chi connectivity index (χ0n) is 15.1. The number of aliphatic hydroxyl groups is 1. The number of nitrogens with zero attached hydrogens (tertiary/aromatic N) is 2. The van der Waals surface area contributed by atoms with Crippen molar-refractivity contribution < 1.29 is 24.2 Å². The van der Waals surface area contributed by atoms with Crippen molar-refractivity contribution >= 4 is 11.7 Å². The average Bonchev–Trinajstić information content (AvgIpc) is 2.92. The van der Waals surface area contributed by atoms with Crippen LogP contribution in [0.3, 0.4) is 0 Å². The molecule has 1 amide bonds. The first-order chi connectivity index (χ1) is 12.5. The maximum absolute atomic E-state index is 12.6. The average molecular weight is 360 g/mol. The van der Waals surface area contributed by atoms with Crippen LogP contribution in [0, 0.1) is 0 Å². The number of methoxy groups -OCH3 is 1. The Kier molecular flexibility index (Phi) is 5.58. The van der Waals surface area contributed by atoms with Gasteiger partial charge in [-0.25, -0.2) is 0 Å². The molecule has 1 atom stereocenters. The maximum Gasteiger partial charge on any atom is 0.290 e. The van der Waals surface area contributed by atoms with Crippen LogP contribution in [0.1, 0.15) is 18.5 Å². The van der Waals surface area contributed by atoms with Crippen LogP contribution in [-0.2, 0) is 14.3 Å². The molecule has 0 radical (unpaired) electrons. The Morgan fingerprint density at radius 2 is 2.04 bits per heavy atom. The van der Waals surface area contributed by atoms with E-state index in [1.54, 1.807) is 24.1 Å². The lowest BCUT2D eigenvalue weighted by molar-refractivity contribution is -0.129. The number of hydrogen-bond acceptors (Lipinski definition) is 6. The fourth-order valence-corrected chi connectivity index (χ4v) is 3.48. The molecular formula is C19H24N2O5. The van der Waals surface area contributed by atoms with Gasteiger partial charge in [-0.2, -0.15) is 0 Å².